The maximum atomic E-state index is 9.11. The van der Waals surface area contributed by atoms with Gasteiger partial charge in [-0.3, -0.25) is 0 Å². The molecule has 6 heteroatoms. The van der Waals surface area contributed by atoms with E-state index in [1.807, 2.05) is 41.5 Å². The van der Waals surface area contributed by atoms with Crippen molar-refractivity contribution in [1.82, 2.24) is 0 Å². The minimum Gasteiger partial charge on any atom is -0.668 e. The number of hydrogen-bond donors (Lipinski definition) is 0. The zero-order valence-electron chi connectivity index (χ0n) is 14.4. The van der Waals surface area contributed by atoms with Crippen LogP contribution in [0.3, 0.4) is 0 Å². The molecular weight excluding hydrogens is 421 g/mol. The van der Waals surface area contributed by atoms with Crippen molar-refractivity contribution in [2.75, 3.05) is 39.3 Å². The number of amides is 1. The molecule has 0 aliphatic rings. The molecule has 0 aromatic rings. The third-order valence-corrected chi connectivity index (χ3v) is 1.34. The van der Waals surface area contributed by atoms with Gasteiger partial charge in [-0.1, -0.05) is 41.5 Å². The Labute approximate surface area is 142 Å². The van der Waals surface area contributed by atoms with Gasteiger partial charge in [-0.25, -0.2) is 0 Å². The standard InChI is InChI=1S/3C4H10N.C2H5NO.Ta/c3*1-3-5-4-2;1-2(3)4;/h3*3-4H2,1-2H3;1H3,(H2,3,4);/q3*-1;;/p-1. The van der Waals surface area contributed by atoms with Crippen LogP contribution < -0.4 is 0 Å². The molecular formula is C14H34N4OTa-4. The predicted octanol–water partition coefficient (Wildman–Crippen LogP) is 4.78. The summed E-state index contributed by atoms with van der Waals surface area (Å²) in [6, 6.07) is 0. The molecule has 5 nitrogen and oxygen atoms in total. The third kappa shape index (κ3) is 142. The van der Waals surface area contributed by atoms with Gasteiger partial charge < -0.3 is 26.5 Å². The number of hydrogen-bond acceptors (Lipinski definition) is 1. The van der Waals surface area contributed by atoms with E-state index in [1.54, 1.807) is 0 Å². The maximum Gasteiger partial charge on any atom is 0.0456 e. The topological polar surface area (TPSA) is 83.2 Å². The zero-order chi connectivity index (χ0) is 15.9. The van der Waals surface area contributed by atoms with Gasteiger partial charge in [0.15, 0.2) is 0 Å². The molecule has 125 valence electrons. The molecule has 0 aromatic heterocycles. The molecule has 0 unspecified atom stereocenters. The van der Waals surface area contributed by atoms with Gasteiger partial charge in [0.05, 0.1) is 0 Å². The van der Waals surface area contributed by atoms with Crippen LogP contribution in [-0.2, 0) is 27.2 Å². The van der Waals surface area contributed by atoms with Crippen LogP contribution in [-0.4, -0.2) is 45.2 Å². The molecule has 1 amide bonds. The average molecular weight is 455 g/mol. The first kappa shape index (κ1) is 32.2. The number of nitrogens with zero attached hydrogens (tertiary/aromatic N) is 3. The largest absolute Gasteiger partial charge is 0.668 e. The van der Waals surface area contributed by atoms with Crippen LogP contribution in [0.15, 0.2) is 0 Å². The Hall–Kier alpha value is 0.0903. The van der Waals surface area contributed by atoms with Crippen molar-refractivity contribution in [3.8, 4) is 0 Å². The predicted molar refractivity (Wildman–Crippen MR) is 88.3 cm³/mol. The second kappa shape index (κ2) is 42.7. The Balaban J connectivity index is -0.0000000494. The van der Waals surface area contributed by atoms with Gasteiger partial charge in [-0.15, -0.1) is 0 Å². The fraction of sp³-hybridized carbons (Fsp3) is 0.929. The summed E-state index contributed by atoms with van der Waals surface area (Å²) in [5.41, 5.74) is 5.94. The Morgan fingerprint density at radius 1 is 0.700 bits per heavy atom. The summed E-state index contributed by atoms with van der Waals surface area (Å²) in [4.78, 5) is 9.11. The van der Waals surface area contributed by atoms with E-state index >= 15 is 0 Å². The minimum absolute atomic E-state index is 0. The monoisotopic (exact) mass is 455 g/mol. The van der Waals surface area contributed by atoms with Gasteiger partial charge in [0.25, 0.3) is 0 Å². The summed E-state index contributed by atoms with van der Waals surface area (Å²) in [7, 11) is 0. The quantitative estimate of drug-likeness (QED) is 0.567. The van der Waals surface area contributed by atoms with Crippen molar-refractivity contribution in [2.45, 2.75) is 48.5 Å². The van der Waals surface area contributed by atoms with Crippen LogP contribution in [0.1, 0.15) is 48.5 Å². The van der Waals surface area contributed by atoms with E-state index in [1.165, 1.54) is 6.92 Å². The van der Waals surface area contributed by atoms with E-state index < -0.39 is 5.91 Å². The molecule has 1 radical (unpaired) electrons. The Bertz CT molecular complexity index is 114. The van der Waals surface area contributed by atoms with Crippen LogP contribution in [0, 0.1) is 0 Å². The van der Waals surface area contributed by atoms with Gasteiger partial charge in [0.1, 0.15) is 0 Å². The molecule has 0 saturated heterocycles. The Morgan fingerprint density at radius 3 is 0.800 bits per heavy atom. The molecule has 0 aliphatic carbocycles. The van der Waals surface area contributed by atoms with E-state index in [4.69, 9.17) is 10.5 Å². The SMILES string of the molecule is CC([NH-])=O.CC[N-]CC.CC[N-]CC.CC[N-]CC.[Ta]. The second-order valence-electron chi connectivity index (χ2n) is 3.12. The average Bonchev–Trinajstić information content (AvgIpc) is 2.33. The second-order valence-corrected chi connectivity index (χ2v) is 3.12. The van der Waals surface area contributed by atoms with Gasteiger partial charge in [0.2, 0.25) is 0 Å². The van der Waals surface area contributed by atoms with E-state index in [2.05, 4.69) is 16.0 Å². The molecule has 0 aliphatic heterocycles. The molecule has 1 N–H and O–H groups in total. The van der Waals surface area contributed by atoms with E-state index in [0.29, 0.717) is 0 Å². The fourth-order valence-electron chi connectivity index (χ4n) is 0.671. The van der Waals surface area contributed by atoms with Crippen molar-refractivity contribution in [2.24, 2.45) is 0 Å². The van der Waals surface area contributed by atoms with Gasteiger partial charge in [-0.05, 0) is 6.92 Å². The summed E-state index contributed by atoms with van der Waals surface area (Å²) < 4.78 is 0. The molecule has 0 bridgehead atoms. The normalized spacial score (nSPS) is 7.55. The van der Waals surface area contributed by atoms with Gasteiger partial charge in [-0.2, -0.15) is 39.3 Å². The van der Waals surface area contributed by atoms with Crippen molar-refractivity contribution < 1.29 is 27.2 Å². The number of carbonyl (C=O) groups excluding carboxylic acids is 1. The fourth-order valence-corrected chi connectivity index (χ4v) is 0.671. The summed E-state index contributed by atoms with van der Waals surface area (Å²) in [5.74, 6) is -0.583. The van der Waals surface area contributed by atoms with Crippen LogP contribution in [0.4, 0.5) is 0 Å². The first-order chi connectivity index (χ1) is 8.97. The summed E-state index contributed by atoms with van der Waals surface area (Å²) in [5, 5.41) is 11.9. The van der Waals surface area contributed by atoms with Gasteiger partial charge in [0, 0.05) is 28.3 Å². The van der Waals surface area contributed by atoms with Crippen LogP contribution in [0.5, 0.6) is 0 Å². The van der Waals surface area contributed by atoms with Crippen molar-refractivity contribution in [1.29, 1.82) is 0 Å². The van der Waals surface area contributed by atoms with E-state index in [-0.39, 0.29) is 22.4 Å². The first-order valence-corrected chi connectivity index (χ1v) is 7.09. The molecule has 0 fully saturated rings. The number of nitrogens with one attached hydrogen (secondary N) is 1. The summed E-state index contributed by atoms with van der Waals surface area (Å²) >= 11 is 0. The third-order valence-electron chi connectivity index (χ3n) is 1.34. The van der Waals surface area contributed by atoms with Crippen molar-refractivity contribution >= 4 is 5.91 Å². The number of rotatable bonds is 6. The maximum absolute atomic E-state index is 9.11. The molecule has 20 heavy (non-hydrogen) atoms. The molecule has 0 rings (SSSR count). The zero-order valence-corrected chi connectivity index (χ0v) is 17.7. The molecule has 0 heterocycles. The van der Waals surface area contributed by atoms with Crippen LogP contribution in [0.2, 0.25) is 0 Å². The summed E-state index contributed by atoms with van der Waals surface area (Å²) in [6.45, 7) is 19.3. The smallest absolute Gasteiger partial charge is 0.0456 e. The Kier molecular flexibility index (Phi) is 68.7. The van der Waals surface area contributed by atoms with Crippen molar-refractivity contribution in [3.63, 3.8) is 0 Å². The van der Waals surface area contributed by atoms with Crippen LogP contribution >= 0.6 is 0 Å². The molecule has 0 atom stereocenters. The van der Waals surface area contributed by atoms with Crippen molar-refractivity contribution in [3.05, 3.63) is 21.7 Å². The minimum atomic E-state index is -0.583. The summed E-state index contributed by atoms with van der Waals surface area (Å²) in [6.07, 6.45) is 0. The molecule has 0 saturated carbocycles. The van der Waals surface area contributed by atoms with E-state index in [0.717, 1.165) is 39.3 Å². The van der Waals surface area contributed by atoms with E-state index in [9.17, 15) is 0 Å². The molecule has 0 aromatic carbocycles. The van der Waals surface area contributed by atoms with Crippen LogP contribution in [0.25, 0.3) is 21.7 Å². The molecule has 0 spiro atoms. The first-order valence-electron chi connectivity index (χ1n) is 7.09. The number of carbonyl (C=O) groups is 1. The Morgan fingerprint density at radius 2 is 0.800 bits per heavy atom. The van der Waals surface area contributed by atoms with Gasteiger partial charge >= 0.3 is 0 Å².